The Labute approximate surface area is 83.5 Å². The Bertz CT molecular complexity index is 410. The van der Waals surface area contributed by atoms with Crippen LogP contribution < -0.4 is 5.73 Å². The number of halogens is 1. The number of hydrogen-bond donors (Lipinski definition) is 1. The zero-order chi connectivity index (χ0) is 9.26. The van der Waals surface area contributed by atoms with Gasteiger partial charge in [0.15, 0.2) is 5.82 Å². The van der Waals surface area contributed by atoms with Gasteiger partial charge in [0.2, 0.25) is 0 Å². The normalized spacial score (nSPS) is 10.2. The minimum absolute atomic E-state index is 0.653. The molecule has 0 bridgehead atoms. The Morgan fingerprint density at radius 3 is 2.92 bits per heavy atom. The molecule has 2 aromatic rings. The highest BCUT2D eigenvalue weighted by molar-refractivity contribution is 9.10. The van der Waals surface area contributed by atoms with Gasteiger partial charge >= 0.3 is 0 Å². The molecule has 0 spiro atoms. The number of rotatable bonds is 1. The minimum Gasteiger partial charge on any atom is -0.398 e. The Kier molecular flexibility index (Phi) is 2.02. The van der Waals surface area contributed by atoms with Crippen LogP contribution >= 0.6 is 15.9 Å². The number of nitrogens with two attached hydrogens (primary N) is 1. The van der Waals surface area contributed by atoms with E-state index in [4.69, 9.17) is 5.73 Å². The summed E-state index contributed by atoms with van der Waals surface area (Å²) in [6, 6.07) is 3.59. The molecule has 5 heteroatoms. The lowest BCUT2D eigenvalue weighted by atomic mass is 10.4. The van der Waals surface area contributed by atoms with Gasteiger partial charge in [0.25, 0.3) is 0 Å². The molecule has 0 aliphatic rings. The highest BCUT2D eigenvalue weighted by Gasteiger charge is 2.00. The van der Waals surface area contributed by atoms with E-state index in [1.807, 2.05) is 12.3 Å². The standard InChI is InChI=1S/C8H7BrN4/c9-6-5-11-8(4-7(6)10)13-3-1-2-12-13/h1-5H,(H2,10,11). The second-order valence-corrected chi connectivity index (χ2v) is 3.37. The van der Waals surface area contributed by atoms with Crippen LogP contribution in [0, 0.1) is 0 Å². The summed E-state index contributed by atoms with van der Waals surface area (Å²) in [6.45, 7) is 0. The molecule has 0 unspecified atom stereocenters. The monoisotopic (exact) mass is 238 g/mol. The fourth-order valence-electron chi connectivity index (χ4n) is 0.972. The summed E-state index contributed by atoms with van der Waals surface area (Å²) < 4.78 is 2.45. The predicted molar refractivity (Wildman–Crippen MR) is 53.5 cm³/mol. The van der Waals surface area contributed by atoms with Crippen LogP contribution in [-0.2, 0) is 0 Å². The van der Waals surface area contributed by atoms with Crippen molar-refractivity contribution in [1.82, 2.24) is 14.8 Å². The zero-order valence-corrected chi connectivity index (χ0v) is 8.27. The quantitative estimate of drug-likeness (QED) is 0.822. The third-order valence-corrected chi connectivity index (χ3v) is 2.27. The Balaban J connectivity index is 2.49. The van der Waals surface area contributed by atoms with Gasteiger partial charge in [-0.2, -0.15) is 5.10 Å². The molecule has 0 saturated heterocycles. The Hall–Kier alpha value is -1.36. The van der Waals surface area contributed by atoms with E-state index in [1.165, 1.54) is 0 Å². The van der Waals surface area contributed by atoms with Crippen LogP contribution in [0.1, 0.15) is 0 Å². The van der Waals surface area contributed by atoms with Crippen molar-refractivity contribution in [2.75, 3.05) is 5.73 Å². The number of nitrogen functional groups attached to an aromatic ring is 1. The van der Waals surface area contributed by atoms with Gasteiger partial charge in [0.1, 0.15) is 0 Å². The molecular formula is C8H7BrN4. The van der Waals surface area contributed by atoms with Crippen LogP contribution in [0.2, 0.25) is 0 Å². The van der Waals surface area contributed by atoms with Crippen molar-refractivity contribution in [3.8, 4) is 5.82 Å². The minimum atomic E-state index is 0.653. The van der Waals surface area contributed by atoms with Gasteiger partial charge in [-0.15, -0.1) is 0 Å². The molecule has 0 radical (unpaired) electrons. The summed E-state index contributed by atoms with van der Waals surface area (Å²) in [5.41, 5.74) is 6.35. The molecule has 2 rings (SSSR count). The van der Waals surface area contributed by atoms with E-state index in [0.29, 0.717) is 11.5 Å². The molecule has 0 fully saturated rings. The van der Waals surface area contributed by atoms with Crippen molar-refractivity contribution in [3.05, 3.63) is 35.2 Å². The van der Waals surface area contributed by atoms with E-state index in [1.54, 1.807) is 23.1 Å². The smallest absolute Gasteiger partial charge is 0.155 e. The lowest BCUT2D eigenvalue weighted by Gasteiger charge is -2.02. The molecular weight excluding hydrogens is 232 g/mol. The summed E-state index contributed by atoms with van der Waals surface area (Å²) >= 11 is 3.28. The molecule has 0 aromatic carbocycles. The van der Waals surface area contributed by atoms with Gasteiger partial charge in [-0.1, -0.05) is 0 Å². The average Bonchev–Trinajstić information content (AvgIpc) is 2.62. The zero-order valence-electron chi connectivity index (χ0n) is 6.68. The SMILES string of the molecule is Nc1cc(-n2cccn2)ncc1Br. The first-order chi connectivity index (χ1) is 6.27. The molecule has 4 nitrogen and oxygen atoms in total. The van der Waals surface area contributed by atoms with Crippen LogP contribution in [0.4, 0.5) is 5.69 Å². The van der Waals surface area contributed by atoms with Crippen LogP contribution in [0.15, 0.2) is 35.2 Å². The van der Waals surface area contributed by atoms with E-state index < -0.39 is 0 Å². The number of hydrogen-bond acceptors (Lipinski definition) is 3. The lowest BCUT2D eigenvalue weighted by molar-refractivity contribution is 0.847. The molecule has 66 valence electrons. The maximum atomic E-state index is 5.70. The second kappa shape index (κ2) is 3.18. The Morgan fingerprint density at radius 1 is 1.46 bits per heavy atom. The number of pyridine rings is 1. The molecule has 2 aromatic heterocycles. The largest absolute Gasteiger partial charge is 0.398 e. The molecule has 2 heterocycles. The first kappa shape index (κ1) is 8.25. The van der Waals surface area contributed by atoms with Crippen molar-refractivity contribution in [2.45, 2.75) is 0 Å². The number of aromatic nitrogens is 3. The third-order valence-electron chi connectivity index (χ3n) is 1.61. The molecule has 2 N–H and O–H groups in total. The first-order valence-corrected chi connectivity index (χ1v) is 4.48. The van der Waals surface area contributed by atoms with Crippen molar-refractivity contribution in [3.63, 3.8) is 0 Å². The van der Waals surface area contributed by atoms with E-state index >= 15 is 0 Å². The maximum absolute atomic E-state index is 5.70. The van der Waals surface area contributed by atoms with Crippen molar-refractivity contribution < 1.29 is 0 Å². The highest BCUT2D eigenvalue weighted by atomic mass is 79.9. The highest BCUT2D eigenvalue weighted by Crippen LogP contribution is 2.19. The van der Waals surface area contributed by atoms with Gasteiger partial charge in [0.05, 0.1) is 10.2 Å². The topological polar surface area (TPSA) is 56.7 Å². The summed E-state index contributed by atoms with van der Waals surface area (Å²) in [4.78, 5) is 4.16. The van der Waals surface area contributed by atoms with Gasteiger partial charge in [0, 0.05) is 24.7 Å². The first-order valence-electron chi connectivity index (χ1n) is 3.68. The maximum Gasteiger partial charge on any atom is 0.155 e. The van der Waals surface area contributed by atoms with Gasteiger partial charge in [-0.25, -0.2) is 9.67 Å². The van der Waals surface area contributed by atoms with Crippen LogP contribution in [0.25, 0.3) is 5.82 Å². The fraction of sp³-hybridized carbons (Fsp3) is 0. The van der Waals surface area contributed by atoms with Gasteiger partial charge in [-0.3, -0.25) is 0 Å². The summed E-state index contributed by atoms with van der Waals surface area (Å²) in [6.07, 6.45) is 5.17. The predicted octanol–water partition coefficient (Wildman–Crippen LogP) is 1.61. The van der Waals surface area contributed by atoms with Crippen LogP contribution in [0.5, 0.6) is 0 Å². The van der Waals surface area contributed by atoms with Gasteiger partial charge < -0.3 is 5.73 Å². The summed E-state index contributed by atoms with van der Waals surface area (Å²) in [7, 11) is 0. The number of nitrogens with zero attached hydrogens (tertiary/aromatic N) is 3. The molecule has 0 aliphatic heterocycles. The van der Waals surface area contributed by atoms with Crippen LogP contribution in [0.3, 0.4) is 0 Å². The average molecular weight is 239 g/mol. The second-order valence-electron chi connectivity index (χ2n) is 2.51. The van der Waals surface area contributed by atoms with E-state index in [9.17, 15) is 0 Å². The fourth-order valence-corrected chi connectivity index (χ4v) is 1.19. The molecule has 0 aliphatic carbocycles. The molecule has 0 atom stereocenters. The van der Waals surface area contributed by atoms with Crippen molar-refractivity contribution in [2.24, 2.45) is 0 Å². The van der Waals surface area contributed by atoms with E-state index in [0.717, 1.165) is 4.47 Å². The summed E-state index contributed by atoms with van der Waals surface area (Å²) in [5, 5.41) is 4.04. The van der Waals surface area contributed by atoms with Crippen LogP contribution in [-0.4, -0.2) is 14.8 Å². The molecule has 0 amide bonds. The summed E-state index contributed by atoms with van der Waals surface area (Å²) in [5.74, 6) is 0.714. The Morgan fingerprint density at radius 2 is 2.31 bits per heavy atom. The third kappa shape index (κ3) is 1.55. The van der Waals surface area contributed by atoms with Crippen molar-refractivity contribution >= 4 is 21.6 Å². The number of anilines is 1. The van der Waals surface area contributed by atoms with E-state index in [2.05, 4.69) is 26.0 Å². The lowest BCUT2D eigenvalue weighted by Crippen LogP contribution is -1.99. The van der Waals surface area contributed by atoms with Gasteiger partial charge in [-0.05, 0) is 22.0 Å². The van der Waals surface area contributed by atoms with E-state index in [-0.39, 0.29) is 0 Å². The molecule has 13 heavy (non-hydrogen) atoms. The molecule has 0 saturated carbocycles. The van der Waals surface area contributed by atoms with Crippen molar-refractivity contribution in [1.29, 1.82) is 0 Å².